The Kier molecular flexibility index (Phi) is 4.83. The molecule has 5 nitrogen and oxygen atoms in total. The number of carboxylic acids is 1. The van der Waals surface area contributed by atoms with Crippen molar-refractivity contribution in [3.8, 4) is 0 Å². The minimum Gasteiger partial charge on any atom is -0.481 e. The highest BCUT2D eigenvalue weighted by atomic mass is 16.4. The van der Waals surface area contributed by atoms with Gasteiger partial charge in [0.15, 0.2) is 0 Å². The van der Waals surface area contributed by atoms with Crippen molar-refractivity contribution in [1.82, 2.24) is 9.80 Å². The fourth-order valence-corrected chi connectivity index (χ4v) is 2.47. The van der Waals surface area contributed by atoms with Crippen molar-refractivity contribution < 1.29 is 14.7 Å². The lowest BCUT2D eigenvalue weighted by molar-refractivity contribution is -0.144. The van der Waals surface area contributed by atoms with Gasteiger partial charge in [-0.1, -0.05) is 37.3 Å². The lowest BCUT2D eigenvalue weighted by Gasteiger charge is -2.42. The first-order valence-electron chi connectivity index (χ1n) is 7.26. The molecule has 1 saturated heterocycles. The molecular weight excluding hydrogens is 268 g/mol. The number of hydrogen-bond donors (Lipinski definition) is 1. The number of amides is 2. The van der Waals surface area contributed by atoms with Crippen molar-refractivity contribution in [3.63, 3.8) is 0 Å². The van der Waals surface area contributed by atoms with E-state index in [0.29, 0.717) is 19.6 Å². The summed E-state index contributed by atoms with van der Waals surface area (Å²) in [6.45, 7) is 3.45. The molecule has 21 heavy (non-hydrogen) atoms. The first kappa shape index (κ1) is 15.4. The number of aliphatic carboxylic acids is 1. The van der Waals surface area contributed by atoms with E-state index in [2.05, 4.69) is 0 Å². The summed E-state index contributed by atoms with van der Waals surface area (Å²) in [5.41, 5.74) is 1.21. The monoisotopic (exact) mass is 290 g/mol. The number of benzene rings is 1. The van der Waals surface area contributed by atoms with Crippen LogP contribution in [0.5, 0.6) is 0 Å². The number of likely N-dealkylation sites (tertiary alicyclic amines) is 1. The summed E-state index contributed by atoms with van der Waals surface area (Å²) in [6, 6.07) is 10.0. The molecule has 1 aliphatic heterocycles. The second-order valence-electron chi connectivity index (χ2n) is 5.73. The molecule has 1 aliphatic rings. The third-order valence-corrected chi connectivity index (χ3v) is 4.18. The van der Waals surface area contributed by atoms with E-state index in [1.165, 1.54) is 5.56 Å². The highest BCUT2D eigenvalue weighted by Gasteiger charge is 2.38. The van der Waals surface area contributed by atoms with Crippen LogP contribution in [0.4, 0.5) is 4.79 Å². The third kappa shape index (κ3) is 3.74. The fraction of sp³-hybridized carbons (Fsp3) is 0.500. The summed E-state index contributed by atoms with van der Waals surface area (Å²) >= 11 is 0. The SMILES string of the molecule is CC(C(=O)O)C1CN(C(=O)N(C)CCc2ccccc2)C1. The van der Waals surface area contributed by atoms with E-state index in [9.17, 15) is 9.59 Å². The van der Waals surface area contributed by atoms with Gasteiger partial charge in [-0.25, -0.2) is 4.79 Å². The summed E-state index contributed by atoms with van der Waals surface area (Å²) in [5.74, 6) is -1.10. The van der Waals surface area contributed by atoms with Crippen LogP contribution < -0.4 is 0 Å². The first-order valence-corrected chi connectivity index (χ1v) is 7.26. The van der Waals surface area contributed by atoms with Gasteiger partial charge in [-0.2, -0.15) is 0 Å². The summed E-state index contributed by atoms with van der Waals surface area (Å²) < 4.78 is 0. The Morgan fingerprint density at radius 2 is 1.95 bits per heavy atom. The van der Waals surface area contributed by atoms with E-state index in [1.807, 2.05) is 30.3 Å². The summed E-state index contributed by atoms with van der Waals surface area (Å²) in [6.07, 6.45) is 0.825. The second kappa shape index (κ2) is 6.61. The van der Waals surface area contributed by atoms with E-state index < -0.39 is 5.97 Å². The molecule has 114 valence electrons. The third-order valence-electron chi connectivity index (χ3n) is 4.18. The summed E-state index contributed by atoms with van der Waals surface area (Å²) in [5, 5.41) is 8.95. The van der Waals surface area contributed by atoms with Crippen LogP contribution in [0.2, 0.25) is 0 Å². The lowest BCUT2D eigenvalue weighted by atomic mass is 9.87. The van der Waals surface area contributed by atoms with Gasteiger partial charge in [-0.3, -0.25) is 4.79 Å². The molecule has 5 heteroatoms. The smallest absolute Gasteiger partial charge is 0.319 e. The van der Waals surface area contributed by atoms with Crippen LogP contribution in [0.25, 0.3) is 0 Å². The maximum Gasteiger partial charge on any atom is 0.319 e. The summed E-state index contributed by atoms with van der Waals surface area (Å²) in [7, 11) is 1.79. The minimum atomic E-state index is -0.787. The average Bonchev–Trinajstić information content (AvgIpc) is 2.43. The fourth-order valence-electron chi connectivity index (χ4n) is 2.47. The number of likely N-dealkylation sites (N-methyl/N-ethyl adjacent to an activating group) is 1. The Labute approximate surface area is 125 Å². The molecule has 1 N–H and O–H groups in total. The zero-order chi connectivity index (χ0) is 15.4. The Bertz CT molecular complexity index is 498. The van der Waals surface area contributed by atoms with E-state index in [0.717, 1.165) is 6.42 Å². The molecule has 0 radical (unpaired) electrons. The van der Waals surface area contributed by atoms with Gasteiger partial charge in [0.1, 0.15) is 0 Å². The molecule has 0 saturated carbocycles. The standard InChI is InChI=1S/C16H22N2O3/c1-12(15(19)20)14-10-18(11-14)16(21)17(2)9-8-13-6-4-3-5-7-13/h3-7,12,14H,8-11H2,1-2H3,(H,19,20). The van der Waals surface area contributed by atoms with Crippen molar-refractivity contribution in [2.45, 2.75) is 13.3 Å². The number of carboxylic acid groups (broad SMARTS) is 1. The normalized spacial score (nSPS) is 16.2. The van der Waals surface area contributed by atoms with Gasteiger partial charge in [0.25, 0.3) is 0 Å². The van der Waals surface area contributed by atoms with Crippen molar-refractivity contribution in [1.29, 1.82) is 0 Å². The molecule has 0 bridgehead atoms. The van der Waals surface area contributed by atoms with Gasteiger partial charge in [-0.15, -0.1) is 0 Å². The van der Waals surface area contributed by atoms with Gasteiger partial charge in [0, 0.05) is 32.6 Å². The molecule has 1 atom stereocenters. The highest BCUT2D eigenvalue weighted by molar-refractivity contribution is 5.76. The van der Waals surface area contributed by atoms with Crippen LogP contribution in [0, 0.1) is 11.8 Å². The molecule has 2 amide bonds. The molecule has 1 unspecified atom stereocenters. The molecule has 1 aromatic rings. The van der Waals surface area contributed by atoms with Crippen LogP contribution in [0.15, 0.2) is 30.3 Å². The van der Waals surface area contributed by atoms with Crippen LogP contribution in [-0.4, -0.2) is 53.6 Å². The van der Waals surface area contributed by atoms with Crippen molar-refractivity contribution in [2.24, 2.45) is 11.8 Å². The maximum atomic E-state index is 12.2. The van der Waals surface area contributed by atoms with Gasteiger partial charge < -0.3 is 14.9 Å². The number of urea groups is 1. The first-order chi connectivity index (χ1) is 9.99. The summed E-state index contributed by atoms with van der Waals surface area (Å²) in [4.78, 5) is 26.5. The van der Waals surface area contributed by atoms with Gasteiger partial charge in [-0.05, 0) is 12.0 Å². The number of nitrogens with zero attached hydrogens (tertiary/aromatic N) is 2. The highest BCUT2D eigenvalue weighted by Crippen LogP contribution is 2.24. The molecule has 0 aromatic heterocycles. The lowest BCUT2D eigenvalue weighted by Crippen LogP contribution is -2.56. The van der Waals surface area contributed by atoms with Crippen molar-refractivity contribution in [3.05, 3.63) is 35.9 Å². The predicted molar refractivity (Wildman–Crippen MR) is 80.0 cm³/mol. The Hall–Kier alpha value is -2.04. The minimum absolute atomic E-state index is 0.0141. The van der Waals surface area contributed by atoms with Crippen LogP contribution in [0.3, 0.4) is 0 Å². The van der Waals surface area contributed by atoms with E-state index >= 15 is 0 Å². The van der Waals surface area contributed by atoms with Gasteiger partial charge >= 0.3 is 12.0 Å². The number of carbonyl (C=O) groups is 2. The molecule has 0 aliphatic carbocycles. The molecular formula is C16H22N2O3. The topological polar surface area (TPSA) is 60.9 Å². The number of carbonyl (C=O) groups excluding carboxylic acids is 1. The quantitative estimate of drug-likeness (QED) is 0.901. The zero-order valence-corrected chi connectivity index (χ0v) is 12.5. The molecule has 1 aromatic carbocycles. The van der Waals surface area contributed by atoms with Gasteiger partial charge in [0.05, 0.1) is 5.92 Å². The van der Waals surface area contributed by atoms with E-state index in [-0.39, 0.29) is 17.9 Å². The maximum absolute atomic E-state index is 12.2. The zero-order valence-electron chi connectivity index (χ0n) is 12.5. The Morgan fingerprint density at radius 1 is 1.33 bits per heavy atom. The Balaban J connectivity index is 1.75. The molecule has 2 rings (SSSR count). The van der Waals surface area contributed by atoms with Crippen molar-refractivity contribution >= 4 is 12.0 Å². The van der Waals surface area contributed by atoms with Crippen LogP contribution in [0.1, 0.15) is 12.5 Å². The Morgan fingerprint density at radius 3 is 2.52 bits per heavy atom. The van der Waals surface area contributed by atoms with Gasteiger partial charge in [0.2, 0.25) is 0 Å². The van der Waals surface area contributed by atoms with Crippen LogP contribution >= 0.6 is 0 Å². The van der Waals surface area contributed by atoms with E-state index in [1.54, 1.807) is 23.8 Å². The molecule has 1 fully saturated rings. The molecule has 1 heterocycles. The van der Waals surface area contributed by atoms with Crippen molar-refractivity contribution in [2.75, 3.05) is 26.7 Å². The number of rotatable bonds is 5. The number of hydrogen-bond acceptors (Lipinski definition) is 2. The average molecular weight is 290 g/mol. The van der Waals surface area contributed by atoms with Crippen LogP contribution in [-0.2, 0) is 11.2 Å². The predicted octanol–water partition coefficient (Wildman–Crippen LogP) is 1.93. The van der Waals surface area contributed by atoms with E-state index in [4.69, 9.17) is 5.11 Å². The molecule has 0 spiro atoms. The largest absolute Gasteiger partial charge is 0.481 e. The second-order valence-corrected chi connectivity index (χ2v) is 5.73.